The van der Waals surface area contributed by atoms with Crippen molar-refractivity contribution in [3.8, 4) is 0 Å². The average Bonchev–Trinajstić information content (AvgIpc) is 2.85. The predicted molar refractivity (Wildman–Crippen MR) is 127 cm³/mol. The van der Waals surface area contributed by atoms with Crippen LogP contribution < -0.4 is 15.5 Å². The Labute approximate surface area is 193 Å². The molecule has 0 radical (unpaired) electrons. The van der Waals surface area contributed by atoms with Crippen LogP contribution in [-0.4, -0.2) is 44.2 Å². The lowest BCUT2D eigenvalue weighted by Crippen LogP contribution is -2.46. The van der Waals surface area contributed by atoms with Crippen molar-refractivity contribution in [2.75, 3.05) is 36.5 Å². The monoisotopic (exact) mass is 449 g/mol. The molecule has 0 saturated carbocycles. The summed E-state index contributed by atoms with van der Waals surface area (Å²) in [4.78, 5) is 28.4. The maximum atomic E-state index is 14.2. The van der Waals surface area contributed by atoms with Crippen LogP contribution >= 0.6 is 0 Å². The second kappa shape index (κ2) is 10.9. The number of carbonyl (C=O) groups excluding carboxylic acids is 2. The number of rotatable bonds is 7. The van der Waals surface area contributed by atoms with Gasteiger partial charge in [-0.15, -0.1) is 0 Å². The van der Waals surface area contributed by atoms with Crippen LogP contribution in [0.1, 0.15) is 18.4 Å². The lowest BCUT2D eigenvalue weighted by molar-refractivity contribution is -0.124. The van der Waals surface area contributed by atoms with Gasteiger partial charge in [0.05, 0.1) is 30.2 Å². The van der Waals surface area contributed by atoms with Crippen molar-refractivity contribution >= 4 is 23.2 Å². The molecule has 2 aromatic rings. The van der Waals surface area contributed by atoms with Crippen molar-refractivity contribution < 1.29 is 18.7 Å². The summed E-state index contributed by atoms with van der Waals surface area (Å²) in [5.74, 6) is -1.44. The summed E-state index contributed by atoms with van der Waals surface area (Å²) in [5, 5.41) is 5.76. The first-order valence-corrected chi connectivity index (χ1v) is 11.2. The van der Waals surface area contributed by atoms with E-state index in [0.29, 0.717) is 38.2 Å². The number of halogens is 1. The number of benzene rings is 2. The Balaban J connectivity index is 1.55. The molecule has 4 rings (SSSR count). The van der Waals surface area contributed by atoms with Crippen LogP contribution in [0.4, 0.5) is 15.8 Å². The molecule has 1 aliphatic carbocycles. The molecule has 6 nitrogen and oxygen atoms in total. The third kappa shape index (κ3) is 5.87. The van der Waals surface area contributed by atoms with Gasteiger partial charge in [-0.3, -0.25) is 9.59 Å². The van der Waals surface area contributed by atoms with Crippen LogP contribution in [0.2, 0.25) is 0 Å². The topological polar surface area (TPSA) is 70.7 Å². The fourth-order valence-electron chi connectivity index (χ4n) is 4.04. The molecule has 2 amide bonds. The summed E-state index contributed by atoms with van der Waals surface area (Å²) < 4.78 is 19.6. The predicted octanol–water partition coefficient (Wildman–Crippen LogP) is 3.76. The highest BCUT2D eigenvalue weighted by molar-refractivity contribution is 6.02. The molecule has 172 valence electrons. The van der Waals surface area contributed by atoms with Gasteiger partial charge < -0.3 is 20.3 Å². The van der Waals surface area contributed by atoms with E-state index < -0.39 is 17.8 Å². The number of para-hydroxylation sites is 2. The molecule has 1 unspecified atom stereocenters. The largest absolute Gasteiger partial charge is 0.378 e. The van der Waals surface area contributed by atoms with Crippen LogP contribution in [0.5, 0.6) is 0 Å². The first-order valence-electron chi connectivity index (χ1n) is 11.2. The van der Waals surface area contributed by atoms with E-state index in [9.17, 15) is 14.0 Å². The standard InChI is InChI=1S/C26H28FN3O3/c27-21-11-5-4-10-20(21)25(31)29-23(18-19-8-2-1-3-9-19)26(32)28-22-12-6-7-13-24(22)30-14-16-33-17-15-30/h1-3,5-9,11-13,23H,4,10,14-18H2,(H,28,32)(H,29,31). The Bertz CT molecular complexity index is 1050. The zero-order chi connectivity index (χ0) is 23.0. The molecule has 1 heterocycles. The molecule has 1 atom stereocenters. The normalized spacial score (nSPS) is 16.9. The Kier molecular flexibility index (Phi) is 7.52. The fraction of sp³-hybridized carbons (Fsp3) is 0.308. The summed E-state index contributed by atoms with van der Waals surface area (Å²) in [6, 6.07) is 16.2. The van der Waals surface area contributed by atoms with Crippen LogP contribution in [0, 0.1) is 0 Å². The number of allylic oxidation sites excluding steroid dienone is 3. The molecular weight excluding hydrogens is 421 g/mol. The van der Waals surface area contributed by atoms with Crippen LogP contribution in [0.15, 0.2) is 78.1 Å². The summed E-state index contributed by atoms with van der Waals surface area (Å²) in [5.41, 5.74) is 2.56. The quantitative estimate of drug-likeness (QED) is 0.675. The number of nitrogens with one attached hydrogen (secondary N) is 2. The number of hydrogen-bond donors (Lipinski definition) is 2. The molecule has 0 bridgehead atoms. The average molecular weight is 450 g/mol. The summed E-state index contributed by atoms with van der Waals surface area (Å²) in [7, 11) is 0. The van der Waals surface area contributed by atoms with E-state index in [1.807, 2.05) is 54.6 Å². The number of hydrogen-bond acceptors (Lipinski definition) is 4. The number of morpholine rings is 1. The summed E-state index contributed by atoms with van der Waals surface area (Å²) >= 11 is 0. The molecule has 2 aliphatic rings. The fourth-order valence-corrected chi connectivity index (χ4v) is 4.04. The van der Waals surface area contributed by atoms with Crippen molar-refractivity contribution in [2.24, 2.45) is 0 Å². The van der Waals surface area contributed by atoms with Gasteiger partial charge >= 0.3 is 0 Å². The first-order chi connectivity index (χ1) is 16.1. The highest BCUT2D eigenvalue weighted by Crippen LogP contribution is 2.27. The minimum absolute atomic E-state index is 0.0806. The third-order valence-electron chi connectivity index (χ3n) is 5.81. The van der Waals surface area contributed by atoms with Crippen LogP contribution in [0.3, 0.4) is 0 Å². The van der Waals surface area contributed by atoms with Gasteiger partial charge in [-0.05, 0) is 36.6 Å². The third-order valence-corrected chi connectivity index (χ3v) is 5.81. The number of carbonyl (C=O) groups is 2. The number of nitrogens with zero attached hydrogens (tertiary/aromatic N) is 1. The first kappa shape index (κ1) is 22.7. The van der Waals surface area contributed by atoms with E-state index in [4.69, 9.17) is 4.74 Å². The molecule has 2 N–H and O–H groups in total. The van der Waals surface area contributed by atoms with E-state index in [2.05, 4.69) is 15.5 Å². The lowest BCUT2D eigenvalue weighted by Gasteiger charge is -2.31. The van der Waals surface area contributed by atoms with Gasteiger partial charge in [-0.2, -0.15) is 0 Å². The number of anilines is 2. The number of ether oxygens (including phenoxy) is 1. The highest BCUT2D eigenvalue weighted by atomic mass is 19.1. The Morgan fingerprint density at radius 2 is 1.76 bits per heavy atom. The van der Waals surface area contributed by atoms with Crippen molar-refractivity contribution in [3.05, 3.63) is 83.7 Å². The molecule has 7 heteroatoms. The molecular formula is C26H28FN3O3. The van der Waals surface area contributed by atoms with Gasteiger partial charge in [0.2, 0.25) is 5.91 Å². The van der Waals surface area contributed by atoms with Gasteiger partial charge in [-0.25, -0.2) is 4.39 Å². The van der Waals surface area contributed by atoms with E-state index >= 15 is 0 Å². The summed E-state index contributed by atoms with van der Waals surface area (Å²) in [6.45, 7) is 2.73. The van der Waals surface area contributed by atoms with E-state index in [1.54, 1.807) is 6.08 Å². The molecule has 33 heavy (non-hydrogen) atoms. The van der Waals surface area contributed by atoms with E-state index in [0.717, 1.165) is 24.3 Å². The van der Waals surface area contributed by atoms with Crippen LogP contribution in [0.25, 0.3) is 0 Å². The van der Waals surface area contributed by atoms with E-state index in [-0.39, 0.29) is 11.5 Å². The maximum Gasteiger partial charge on any atom is 0.250 e. The minimum atomic E-state index is -0.858. The lowest BCUT2D eigenvalue weighted by atomic mass is 10.0. The van der Waals surface area contributed by atoms with Crippen molar-refractivity contribution in [2.45, 2.75) is 25.3 Å². The molecule has 1 saturated heterocycles. The Morgan fingerprint density at radius 1 is 1.03 bits per heavy atom. The smallest absolute Gasteiger partial charge is 0.250 e. The van der Waals surface area contributed by atoms with E-state index in [1.165, 1.54) is 6.08 Å². The second-order valence-corrected chi connectivity index (χ2v) is 8.09. The van der Waals surface area contributed by atoms with Gasteiger partial charge in [-0.1, -0.05) is 48.5 Å². The number of amides is 2. The molecule has 1 aliphatic heterocycles. The van der Waals surface area contributed by atoms with Crippen molar-refractivity contribution in [1.29, 1.82) is 0 Å². The second-order valence-electron chi connectivity index (χ2n) is 8.09. The molecule has 1 fully saturated rings. The molecule has 2 aromatic carbocycles. The van der Waals surface area contributed by atoms with Gasteiger partial charge in [0.25, 0.3) is 5.91 Å². The molecule has 0 spiro atoms. The van der Waals surface area contributed by atoms with Crippen LogP contribution in [-0.2, 0) is 20.7 Å². The Hall–Kier alpha value is -3.45. The van der Waals surface area contributed by atoms with Crippen molar-refractivity contribution in [3.63, 3.8) is 0 Å². The minimum Gasteiger partial charge on any atom is -0.378 e. The van der Waals surface area contributed by atoms with Gasteiger partial charge in [0.1, 0.15) is 11.9 Å². The zero-order valence-corrected chi connectivity index (χ0v) is 18.4. The Morgan fingerprint density at radius 3 is 2.52 bits per heavy atom. The van der Waals surface area contributed by atoms with Gasteiger partial charge in [0, 0.05) is 19.5 Å². The highest BCUT2D eigenvalue weighted by Gasteiger charge is 2.26. The SMILES string of the molecule is O=C(NC(Cc1ccccc1)C(=O)Nc1ccccc1N1CCOCC1)C1=C(F)C=CCC1. The zero-order valence-electron chi connectivity index (χ0n) is 18.4. The molecule has 0 aromatic heterocycles. The summed E-state index contributed by atoms with van der Waals surface area (Å²) in [6.07, 6.45) is 4.21. The maximum absolute atomic E-state index is 14.2. The van der Waals surface area contributed by atoms with Gasteiger partial charge in [0.15, 0.2) is 0 Å². The van der Waals surface area contributed by atoms with Crippen molar-refractivity contribution in [1.82, 2.24) is 5.32 Å².